The van der Waals surface area contributed by atoms with Gasteiger partial charge in [-0.15, -0.1) is 0 Å². The minimum Gasteiger partial charge on any atom is -0.345 e. The first kappa shape index (κ1) is 35.8. The van der Waals surface area contributed by atoms with Gasteiger partial charge in [0.05, 0.1) is 0 Å². The molecular formula is C56H48N2. The smallest absolute Gasteiger partial charge is 0.0482 e. The van der Waals surface area contributed by atoms with Crippen LogP contribution < -0.4 is 9.80 Å². The van der Waals surface area contributed by atoms with Crippen LogP contribution in [0.4, 0.5) is 22.7 Å². The van der Waals surface area contributed by atoms with Crippen molar-refractivity contribution in [1.29, 1.82) is 0 Å². The molecule has 2 heteroatoms. The fourth-order valence-corrected chi connectivity index (χ4v) is 9.60. The summed E-state index contributed by atoms with van der Waals surface area (Å²) in [5.41, 5.74) is 21.6. The highest BCUT2D eigenvalue weighted by atomic mass is 15.1. The molecule has 0 aliphatic heterocycles. The van der Waals surface area contributed by atoms with Gasteiger partial charge in [-0.05, 0) is 127 Å². The number of hydrogen-bond acceptors (Lipinski definition) is 2. The van der Waals surface area contributed by atoms with Crippen LogP contribution in [-0.4, -0.2) is 7.05 Å². The summed E-state index contributed by atoms with van der Waals surface area (Å²) >= 11 is 0. The van der Waals surface area contributed by atoms with E-state index in [-0.39, 0.29) is 10.8 Å². The second kappa shape index (κ2) is 13.8. The van der Waals surface area contributed by atoms with Crippen molar-refractivity contribution in [3.05, 3.63) is 216 Å². The predicted octanol–water partition coefficient (Wildman–Crippen LogP) is 14.7. The molecule has 0 radical (unpaired) electrons. The number of benzene rings is 8. The lowest BCUT2D eigenvalue weighted by Crippen LogP contribution is -2.19. The van der Waals surface area contributed by atoms with E-state index in [9.17, 15) is 0 Å². The Balaban J connectivity index is 1.01. The van der Waals surface area contributed by atoms with E-state index in [2.05, 4.69) is 233 Å². The fraction of sp³-hybridized carbons (Fsp3) is 0.143. The van der Waals surface area contributed by atoms with E-state index in [0.29, 0.717) is 0 Å². The predicted molar refractivity (Wildman–Crippen MR) is 246 cm³/mol. The Kier molecular flexibility index (Phi) is 8.49. The summed E-state index contributed by atoms with van der Waals surface area (Å²) in [4.78, 5) is 4.82. The molecule has 0 amide bonds. The highest BCUT2D eigenvalue weighted by Crippen LogP contribution is 2.52. The minimum absolute atomic E-state index is 0.0445. The molecule has 282 valence electrons. The third kappa shape index (κ3) is 5.94. The maximum Gasteiger partial charge on any atom is 0.0482 e. The van der Waals surface area contributed by atoms with E-state index >= 15 is 0 Å². The Hall–Kier alpha value is -6.64. The number of fused-ring (bicyclic) bond motifs is 6. The van der Waals surface area contributed by atoms with Gasteiger partial charge < -0.3 is 9.80 Å². The van der Waals surface area contributed by atoms with Crippen LogP contribution in [-0.2, 0) is 17.4 Å². The van der Waals surface area contributed by atoms with Gasteiger partial charge in [-0.25, -0.2) is 0 Å². The van der Waals surface area contributed by atoms with Crippen molar-refractivity contribution in [2.75, 3.05) is 16.8 Å². The summed E-state index contributed by atoms with van der Waals surface area (Å²) in [5, 5.41) is 0. The summed E-state index contributed by atoms with van der Waals surface area (Å²) in [5.74, 6) is 0. The average Bonchev–Trinajstić information content (AvgIpc) is 3.64. The molecule has 10 rings (SSSR count). The molecule has 0 spiro atoms. The van der Waals surface area contributed by atoms with E-state index in [1.54, 1.807) is 0 Å². The minimum atomic E-state index is -0.150. The van der Waals surface area contributed by atoms with Crippen molar-refractivity contribution in [2.24, 2.45) is 0 Å². The van der Waals surface area contributed by atoms with Crippen molar-refractivity contribution in [3.8, 4) is 44.5 Å². The van der Waals surface area contributed by atoms with Crippen molar-refractivity contribution >= 4 is 22.7 Å². The molecule has 0 aromatic heterocycles. The highest BCUT2D eigenvalue weighted by Gasteiger charge is 2.37. The van der Waals surface area contributed by atoms with E-state index in [0.717, 1.165) is 6.54 Å². The molecule has 0 atom stereocenters. The lowest BCUT2D eigenvalue weighted by Gasteiger charge is -2.29. The topological polar surface area (TPSA) is 6.48 Å². The van der Waals surface area contributed by atoms with Crippen LogP contribution in [0.2, 0.25) is 0 Å². The second-order valence-corrected chi connectivity index (χ2v) is 17.1. The Morgan fingerprint density at radius 2 is 0.810 bits per heavy atom. The summed E-state index contributed by atoms with van der Waals surface area (Å²) in [6.45, 7) is 10.2. The monoisotopic (exact) mass is 748 g/mol. The third-order valence-corrected chi connectivity index (χ3v) is 13.0. The van der Waals surface area contributed by atoms with Crippen LogP contribution >= 0.6 is 0 Å². The van der Waals surface area contributed by atoms with Gasteiger partial charge >= 0.3 is 0 Å². The van der Waals surface area contributed by atoms with Gasteiger partial charge in [-0.3, -0.25) is 0 Å². The summed E-state index contributed by atoms with van der Waals surface area (Å²) in [6.07, 6.45) is 0. The third-order valence-electron chi connectivity index (χ3n) is 13.0. The largest absolute Gasteiger partial charge is 0.345 e. The van der Waals surface area contributed by atoms with E-state index in [1.165, 1.54) is 95.1 Å². The molecule has 0 N–H and O–H groups in total. The molecule has 0 bridgehead atoms. The Bertz CT molecular complexity index is 2810. The first-order valence-corrected chi connectivity index (χ1v) is 20.5. The first-order valence-electron chi connectivity index (χ1n) is 20.5. The lowest BCUT2D eigenvalue weighted by atomic mass is 9.81. The summed E-state index contributed by atoms with van der Waals surface area (Å²) in [7, 11) is 2.19. The van der Waals surface area contributed by atoms with Gasteiger partial charge in [0.1, 0.15) is 0 Å². The number of hydrogen-bond donors (Lipinski definition) is 0. The Morgan fingerprint density at radius 1 is 0.345 bits per heavy atom. The van der Waals surface area contributed by atoms with Gasteiger partial charge in [0.25, 0.3) is 0 Å². The SMILES string of the molecule is CN(c1cccc(CN(c2ccc(-c3ccccc3)cc2)c2ccc3c(c2)C(C)(C)c2cc(-c4ccccc4)ccc2-3)c1)c1ccc2c(c1)C(C)(C)c1ccccc1-2. The molecule has 2 aliphatic carbocycles. The zero-order chi connectivity index (χ0) is 39.6. The lowest BCUT2D eigenvalue weighted by molar-refractivity contribution is 0.660. The molecule has 2 nitrogen and oxygen atoms in total. The van der Waals surface area contributed by atoms with Crippen LogP contribution in [0.25, 0.3) is 44.5 Å². The van der Waals surface area contributed by atoms with Gasteiger partial charge in [0.2, 0.25) is 0 Å². The van der Waals surface area contributed by atoms with Crippen LogP contribution in [0.15, 0.2) is 188 Å². The van der Waals surface area contributed by atoms with Gasteiger partial charge in [-0.2, -0.15) is 0 Å². The maximum absolute atomic E-state index is 2.48. The Morgan fingerprint density at radius 3 is 1.50 bits per heavy atom. The fourth-order valence-electron chi connectivity index (χ4n) is 9.60. The zero-order valence-corrected chi connectivity index (χ0v) is 34.0. The molecule has 0 saturated carbocycles. The van der Waals surface area contributed by atoms with Crippen LogP contribution in [0.1, 0.15) is 55.5 Å². The number of rotatable bonds is 8. The normalized spacial score (nSPS) is 13.9. The molecule has 0 heterocycles. The summed E-state index contributed by atoms with van der Waals surface area (Å²) in [6, 6.07) is 69.5. The van der Waals surface area contributed by atoms with Crippen molar-refractivity contribution in [3.63, 3.8) is 0 Å². The molecule has 2 aliphatic rings. The standard InChI is InChI=1S/C56H48N2/c1-55(2)51-22-13-12-21-47(51)49-31-28-45(35-53(49)55)57(5)44-20-14-15-38(33-44)37-58(43-26-23-41(24-27-43)39-16-8-6-9-17-39)46-29-32-50-48-30-25-42(40-18-10-7-11-19-40)34-52(48)56(3,4)54(50)36-46/h6-36H,37H2,1-5H3. The molecule has 8 aromatic rings. The molecule has 8 aromatic carbocycles. The van der Waals surface area contributed by atoms with Crippen molar-refractivity contribution in [1.82, 2.24) is 0 Å². The first-order chi connectivity index (χ1) is 28.2. The highest BCUT2D eigenvalue weighted by molar-refractivity contribution is 5.86. The van der Waals surface area contributed by atoms with Crippen LogP contribution in [0, 0.1) is 0 Å². The second-order valence-electron chi connectivity index (χ2n) is 17.1. The Labute approximate surface area is 343 Å². The van der Waals surface area contributed by atoms with E-state index in [4.69, 9.17) is 0 Å². The van der Waals surface area contributed by atoms with Gasteiger partial charge in [0, 0.05) is 47.2 Å². The van der Waals surface area contributed by atoms with Gasteiger partial charge in [-0.1, -0.05) is 161 Å². The average molecular weight is 749 g/mol. The van der Waals surface area contributed by atoms with E-state index < -0.39 is 0 Å². The maximum atomic E-state index is 2.48. The number of anilines is 4. The summed E-state index contributed by atoms with van der Waals surface area (Å²) < 4.78 is 0. The molecule has 0 fully saturated rings. The van der Waals surface area contributed by atoms with Crippen LogP contribution in [0.3, 0.4) is 0 Å². The van der Waals surface area contributed by atoms with Crippen LogP contribution in [0.5, 0.6) is 0 Å². The molecule has 0 saturated heterocycles. The number of nitrogens with zero attached hydrogens (tertiary/aromatic N) is 2. The van der Waals surface area contributed by atoms with Gasteiger partial charge in [0.15, 0.2) is 0 Å². The zero-order valence-electron chi connectivity index (χ0n) is 34.0. The molecular weight excluding hydrogens is 701 g/mol. The quantitative estimate of drug-likeness (QED) is 0.153. The van der Waals surface area contributed by atoms with E-state index in [1.807, 2.05) is 0 Å². The van der Waals surface area contributed by atoms with Crippen molar-refractivity contribution in [2.45, 2.75) is 45.1 Å². The molecule has 58 heavy (non-hydrogen) atoms. The molecule has 0 unspecified atom stereocenters. The van der Waals surface area contributed by atoms with Crippen molar-refractivity contribution < 1.29 is 0 Å².